The number of hydrogen-bond acceptors (Lipinski definition) is 5. The van der Waals surface area contributed by atoms with Gasteiger partial charge in [-0.15, -0.1) is 0 Å². The fourth-order valence-corrected chi connectivity index (χ4v) is 2.32. The maximum atomic E-state index is 12.3. The van der Waals surface area contributed by atoms with Crippen LogP contribution >= 0.6 is 15.9 Å². The van der Waals surface area contributed by atoms with Crippen LogP contribution in [0.2, 0.25) is 0 Å². The van der Waals surface area contributed by atoms with E-state index in [1.807, 2.05) is 0 Å². The minimum absolute atomic E-state index is 0.00917. The fourth-order valence-electron chi connectivity index (χ4n) is 1.49. The number of hydrogen-bond donors (Lipinski definition) is 0. The Hall–Kier alpha value is -1.56. The fraction of sp³-hybridized carbons (Fsp3) is 0.467. The van der Waals surface area contributed by atoms with Gasteiger partial charge in [-0.1, -0.05) is 0 Å². The Morgan fingerprint density at radius 2 is 1.71 bits per heavy atom. The van der Waals surface area contributed by atoms with E-state index in [0.717, 1.165) is 0 Å². The number of halogens is 1. The van der Waals surface area contributed by atoms with Crippen LogP contribution in [-0.2, 0) is 14.3 Å². The summed E-state index contributed by atoms with van der Waals surface area (Å²) in [6.45, 7) is 4.71. The number of carbonyl (C=O) groups excluding carboxylic acids is 2. The van der Waals surface area contributed by atoms with E-state index >= 15 is 0 Å². The lowest BCUT2D eigenvalue weighted by molar-refractivity contribution is -0.147. The first-order valence-corrected chi connectivity index (χ1v) is 7.30. The van der Waals surface area contributed by atoms with Gasteiger partial charge in [0.1, 0.15) is 18.1 Å². The molecule has 1 aromatic rings. The van der Waals surface area contributed by atoms with E-state index in [1.165, 1.54) is 6.92 Å². The lowest BCUT2D eigenvalue weighted by Crippen LogP contribution is -2.38. The highest BCUT2D eigenvalue weighted by molar-refractivity contribution is 9.09. The standard InChI is InChI=1S/C15H19BrO5/c1-10(17)20-9-15(2,3)13(18)14(16)21-12-7-5-11(19-4)6-8-12/h5-8,14H,9H2,1-4H3. The molecule has 0 radical (unpaired) electrons. The van der Waals surface area contributed by atoms with Gasteiger partial charge < -0.3 is 14.2 Å². The van der Waals surface area contributed by atoms with Crippen molar-refractivity contribution in [1.29, 1.82) is 0 Å². The molecule has 1 unspecified atom stereocenters. The van der Waals surface area contributed by atoms with Gasteiger partial charge in [-0.2, -0.15) is 0 Å². The maximum Gasteiger partial charge on any atom is 0.302 e. The van der Waals surface area contributed by atoms with Gasteiger partial charge in [0, 0.05) is 6.92 Å². The average Bonchev–Trinajstić information content (AvgIpc) is 2.45. The highest BCUT2D eigenvalue weighted by atomic mass is 79.9. The largest absolute Gasteiger partial charge is 0.497 e. The van der Waals surface area contributed by atoms with E-state index in [-0.39, 0.29) is 12.4 Å². The first-order valence-electron chi connectivity index (χ1n) is 6.39. The number of ketones is 1. The summed E-state index contributed by atoms with van der Waals surface area (Å²) in [5.41, 5.74) is -0.841. The normalized spacial score (nSPS) is 12.4. The second-order valence-electron chi connectivity index (χ2n) is 5.14. The molecular formula is C15H19BrO5. The molecular weight excluding hydrogens is 340 g/mol. The van der Waals surface area contributed by atoms with Crippen molar-refractivity contribution in [1.82, 2.24) is 0 Å². The summed E-state index contributed by atoms with van der Waals surface area (Å²) in [5, 5.41) is -0.823. The summed E-state index contributed by atoms with van der Waals surface area (Å²) in [6.07, 6.45) is 0. The molecule has 0 saturated carbocycles. The van der Waals surface area contributed by atoms with Crippen molar-refractivity contribution in [3.8, 4) is 11.5 Å². The van der Waals surface area contributed by atoms with Crippen molar-refractivity contribution in [2.24, 2.45) is 5.41 Å². The van der Waals surface area contributed by atoms with Gasteiger partial charge in [0.2, 0.25) is 5.01 Å². The van der Waals surface area contributed by atoms with Crippen LogP contribution in [0, 0.1) is 5.41 Å². The van der Waals surface area contributed by atoms with Crippen LogP contribution in [0.15, 0.2) is 24.3 Å². The summed E-state index contributed by atoms with van der Waals surface area (Å²) < 4.78 is 15.5. The number of rotatable bonds is 7. The monoisotopic (exact) mass is 358 g/mol. The van der Waals surface area contributed by atoms with Gasteiger partial charge in [-0.3, -0.25) is 9.59 Å². The third-order valence-electron chi connectivity index (χ3n) is 2.81. The smallest absolute Gasteiger partial charge is 0.302 e. The minimum Gasteiger partial charge on any atom is -0.497 e. The number of methoxy groups -OCH3 is 1. The molecule has 0 aromatic heterocycles. The van der Waals surface area contributed by atoms with Gasteiger partial charge >= 0.3 is 5.97 Å². The number of benzene rings is 1. The van der Waals surface area contributed by atoms with E-state index < -0.39 is 16.4 Å². The number of Topliss-reactive ketones (excluding diaryl/α,β-unsaturated/α-hetero) is 1. The predicted octanol–water partition coefficient (Wildman–Crippen LogP) is 2.95. The Labute approximate surface area is 132 Å². The van der Waals surface area contributed by atoms with Gasteiger partial charge in [0.25, 0.3) is 0 Å². The second kappa shape index (κ2) is 7.45. The third-order valence-corrected chi connectivity index (χ3v) is 3.41. The minimum atomic E-state index is -0.841. The molecule has 116 valence electrons. The number of esters is 1. The second-order valence-corrected chi connectivity index (χ2v) is 5.97. The van der Waals surface area contributed by atoms with Gasteiger partial charge in [0.05, 0.1) is 12.5 Å². The van der Waals surface area contributed by atoms with E-state index in [4.69, 9.17) is 14.2 Å². The molecule has 0 fully saturated rings. The molecule has 0 bridgehead atoms. The van der Waals surface area contributed by atoms with Crippen LogP contribution in [0.5, 0.6) is 11.5 Å². The third kappa shape index (κ3) is 5.38. The van der Waals surface area contributed by atoms with Crippen LogP contribution in [0.1, 0.15) is 20.8 Å². The van der Waals surface area contributed by atoms with Crippen molar-refractivity contribution in [3.05, 3.63) is 24.3 Å². The SMILES string of the molecule is COc1ccc(OC(Br)C(=O)C(C)(C)COC(C)=O)cc1. The zero-order valence-electron chi connectivity index (χ0n) is 12.5. The van der Waals surface area contributed by atoms with E-state index in [2.05, 4.69) is 15.9 Å². The van der Waals surface area contributed by atoms with E-state index in [1.54, 1.807) is 45.2 Å². The summed E-state index contributed by atoms with van der Waals surface area (Å²) in [4.78, 5) is 23.2. The molecule has 0 aliphatic carbocycles. The molecule has 5 nitrogen and oxygen atoms in total. The summed E-state index contributed by atoms with van der Waals surface area (Å²) in [5.74, 6) is 0.613. The molecule has 0 aliphatic heterocycles. The number of alkyl halides is 1. The lowest BCUT2D eigenvalue weighted by Gasteiger charge is -2.25. The highest BCUT2D eigenvalue weighted by Crippen LogP contribution is 2.26. The molecule has 0 saturated heterocycles. The molecule has 0 amide bonds. The van der Waals surface area contributed by atoms with Crippen molar-refractivity contribution in [3.63, 3.8) is 0 Å². The molecule has 0 spiro atoms. The van der Waals surface area contributed by atoms with Crippen LogP contribution in [0.4, 0.5) is 0 Å². The summed E-state index contributed by atoms with van der Waals surface area (Å²) in [6, 6.07) is 6.89. The number of carbonyl (C=O) groups is 2. The maximum absolute atomic E-state index is 12.3. The van der Waals surface area contributed by atoms with Crippen molar-refractivity contribution >= 4 is 27.7 Å². The molecule has 1 aromatic carbocycles. The molecule has 6 heteroatoms. The van der Waals surface area contributed by atoms with Crippen LogP contribution in [0.25, 0.3) is 0 Å². The van der Waals surface area contributed by atoms with Crippen molar-refractivity contribution in [2.45, 2.75) is 25.8 Å². The molecule has 0 N–H and O–H groups in total. The zero-order chi connectivity index (χ0) is 16.0. The molecule has 21 heavy (non-hydrogen) atoms. The Kier molecular flexibility index (Phi) is 6.20. The molecule has 1 atom stereocenters. The average molecular weight is 359 g/mol. The van der Waals surface area contributed by atoms with Crippen LogP contribution in [0.3, 0.4) is 0 Å². The summed E-state index contributed by atoms with van der Waals surface area (Å²) in [7, 11) is 1.57. The highest BCUT2D eigenvalue weighted by Gasteiger charge is 2.35. The Morgan fingerprint density at radius 3 is 2.19 bits per heavy atom. The van der Waals surface area contributed by atoms with Gasteiger partial charge in [0.15, 0.2) is 5.78 Å². The van der Waals surface area contributed by atoms with Crippen molar-refractivity contribution in [2.75, 3.05) is 13.7 Å². The quantitative estimate of drug-likeness (QED) is 0.553. The van der Waals surface area contributed by atoms with Gasteiger partial charge in [-0.25, -0.2) is 0 Å². The van der Waals surface area contributed by atoms with Gasteiger partial charge in [-0.05, 0) is 54.0 Å². The molecule has 1 rings (SSSR count). The summed E-state index contributed by atoms with van der Waals surface area (Å²) >= 11 is 3.21. The zero-order valence-corrected chi connectivity index (χ0v) is 14.1. The van der Waals surface area contributed by atoms with Crippen LogP contribution in [-0.4, -0.2) is 30.5 Å². The van der Waals surface area contributed by atoms with E-state index in [9.17, 15) is 9.59 Å². The van der Waals surface area contributed by atoms with Crippen LogP contribution < -0.4 is 9.47 Å². The predicted molar refractivity (Wildman–Crippen MR) is 81.8 cm³/mol. The first-order chi connectivity index (χ1) is 9.76. The van der Waals surface area contributed by atoms with Crippen molar-refractivity contribution < 1.29 is 23.8 Å². The number of ether oxygens (including phenoxy) is 3. The Morgan fingerprint density at radius 1 is 1.19 bits per heavy atom. The lowest BCUT2D eigenvalue weighted by atomic mass is 9.89. The first kappa shape index (κ1) is 17.5. The molecule has 0 aliphatic rings. The van der Waals surface area contributed by atoms with E-state index in [0.29, 0.717) is 11.5 Å². The Bertz CT molecular complexity index is 495. The topological polar surface area (TPSA) is 61.8 Å². The Balaban J connectivity index is 2.66. The molecule has 0 heterocycles.